The van der Waals surface area contributed by atoms with Gasteiger partial charge in [-0.1, -0.05) is 60.7 Å². The summed E-state index contributed by atoms with van der Waals surface area (Å²) >= 11 is 0. The molecule has 4 heteroatoms. The summed E-state index contributed by atoms with van der Waals surface area (Å²) in [5, 5.41) is 8.94. The summed E-state index contributed by atoms with van der Waals surface area (Å²) in [4.78, 5) is 23.5. The third kappa shape index (κ3) is 3.96. The zero-order chi connectivity index (χ0) is 19.5. The lowest BCUT2D eigenvalue weighted by atomic mass is 9.98. The number of ketones is 1. The van der Waals surface area contributed by atoms with Gasteiger partial charge in [-0.3, -0.25) is 9.59 Å². The Morgan fingerprint density at radius 1 is 0.857 bits per heavy atom. The first-order chi connectivity index (χ1) is 13.6. The smallest absolute Gasteiger partial charge is 0.306 e. The van der Waals surface area contributed by atoms with Gasteiger partial charge in [-0.2, -0.15) is 0 Å². The van der Waals surface area contributed by atoms with E-state index in [-0.39, 0.29) is 17.6 Å². The maximum absolute atomic E-state index is 12.7. The second kappa shape index (κ2) is 7.69. The van der Waals surface area contributed by atoms with E-state index in [1.807, 2.05) is 78.9 Å². The number of hydrogen-bond acceptors (Lipinski definition) is 3. The molecule has 4 rings (SSSR count). The Balaban J connectivity index is 1.44. The van der Waals surface area contributed by atoms with Gasteiger partial charge in [0, 0.05) is 17.0 Å². The molecule has 140 valence electrons. The second-order valence-corrected chi connectivity index (χ2v) is 7.05. The highest BCUT2D eigenvalue weighted by molar-refractivity contribution is 6.09. The average Bonchev–Trinajstić information content (AvgIpc) is 3.53. The van der Waals surface area contributed by atoms with Crippen LogP contribution in [0.25, 0.3) is 11.1 Å². The molecule has 1 N–H and O–H groups in total. The van der Waals surface area contributed by atoms with Crippen LogP contribution < -0.4 is 4.74 Å². The minimum Gasteiger partial charge on any atom is -0.493 e. The largest absolute Gasteiger partial charge is 0.493 e. The number of aliphatic carboxylic acids is 1. The number of hydrogen-bond donors (Lipinski definition) is 1. The monoisotopic (exact) mass is 372 g/mol. The Kier molecular flexibility index (Phi) is 4.94. The van der Waals surface area contributed by atoms with Crippen molar-refractivity contribution in [3.05, 3.63) is 90.0 Å². The van der Waals surface area contributed by atoms with Crippen molar-refractivity contribution < 1.29 is 19.4 Å². The van der Waals surface area contributed by atoms with Crippen LogP contribution in [0.5, 0.6) is 5.75 Å². The number of ether oxygens (including phenoxy) is 1. The average molecular weight is 372 g/mol. The van der Waals surface area contributed by atoms with E-state index in [1.165, 1.54) is 0 Å². The van der Waals surface area contributed by atoms with Crippen molar-refractivity contribution in [2.75, 3.05) is 6.61 Å². The van der Waals surface area contributed by atoms with Crippen molar-refractivity contribution in [1.82, 2.24) is 0 Å². The molecule has 3 aromatic carbocycles. The van der Waals surface area contributed by atoms with Gasteiger partial charge in [0.05, 0.1) is 12.5 Å². The predicted octanol–water partition coefficient (Wildman–Crippen LogP) is 4.68. The van der Waals surface area contributed by atoms with Crippen molar-refractivity contribution in [3.8, 4) is 16.9 Å². The van der Waals surface area contributed by atoms with Crippen LogP contribution in [0.4, 0.5) is 0 Å². The fourth-order valence-electron chi connectivity index (χ4n) is 3.28. The third-order valence-corrected chi connectivity index (χ3v) is 5.05. The summed E-state index contributed by atoms with van der Waals surface area (Å²) in [7, 11) is 0. The van der Waals surface area contributed by atoms with Gasteiger partial charge < -0.3 is 9.84 Å². The number of carbonyl (C=O) groups excluding carboxylic acids is 1. The van der Waals surface area contributed by atoms with Gasteiger partial charge >= 0.3 is 5.97 Å². The lowest BCUT2D eigenvalue weighted by Gasteiger charge is -2.08. The number of rotatable bonds is 7. The summed E-state index contributed by atoms with van der Waals surface area (Å²) in [6, 6.07) is 24.5. The summed E-state index contributed by atoms with van der Waals surface area (Å²) in [5.74, 6) is -0.174. The zero-order valence-electron chi connectivity index (χ0n) is 15.2. The van der Waals surface area contributed by atoms with Gasteiger partial charge in [0.25, 0.3) is 0 Å². The molecule has 0 bridgehead atoms. The first-order valence-corrected chi connectivity index (χ1v) is 9.27. The van der Waals surface area contributed by atoms with Crippen LogP contribution in [0.1, 0.15) is 22.3 Å². The quantitative estimate of drug-likeness (QED) is 0.612. The molecule has 0 spiro atoms. The molecule has 0 heterocycles. The van der Waals surface area contributed by atoms with Crippen LogP contribution >= 0.6 is 0 Å². The topological polar surface area (TPSA) is 63.6 Å². The molecular formula is C24H20O4. The maximum Gasteiger partial charge on any atom is 0.306 e. The summed E-state index contributed by atoms with van der Waals surface area (Å²) in [5.41, 5.74) is 3.27. The van der Waals surface area contributed by atoms with Gasteiger partial charge in [-0.15, -0.1) is 0 Å². The third-order valence-electron chi connectivity index (χ3n) is 5.05. The maximum atomic E-state index is 12.7. The van der Waals surface area contributed by atoms with Gasteiger partial charge in [-0.25, -0.2) is 0 Å². The molecule has 1 fully saturated rings. The van der Waals surface area contributed by atoms with Crippen LogP contribution in [0.15, 0.2) is 78.9 Å². The standard InChI is InChI=1S/C24H20O4/c25-23(17-5-2-1-3-6-17)19-8-4-7-18(13-19)16-9-11-21(12-10-16)28-15-20-14-22(20)24(26)27/h1-13,20,22H,14-15H2,(H,26,27). The normalized spacial score (nSPS) is 17.7. The minimum absolute atomic E-state index is 0.000165. The molecule has 3 aromatic rings. The summed E-state index contributed by atoms with van der Waals surface area (Å²) in [6.07, 6.45) is 0.690. The van der Waals surface area contributed by atoms with Gasteiger partial charge in [0.15, 0.2) is 5.78 Å². The molecule has 1 aliphatic rings. The fraction of sp³-hybridized carbons (Fsp3) is 0.167. The predicted molar refractivity (Wildman–Crippen MR) is 106 cm³/mol. The van der Waals surface area contributed by atoms with Crippen molar-refractivity contribution in [2.45, 2.75) is 6.42 Å². The molecule has 4 nitrogen and oxygen atoms in total. The van der Waals surface area contributed by atoms with Gasteiger partial charge in [-0.05, 0) is 35.7 Å². The Morgan fingerprint density at radius 3 is 2.25 bits per heavy atom. The highest BCUT2D eigenvalue weighted by Crippen LogP contribution is 2.39. The molecule has 28 heavy (non-hydrogen) atoms. The van der Waals surface area contributed by atoms with E-state index >= 15 is 0 Å². The number of carboxylic acids is 1. The first kappa shape index (κ1) is 18.0. The van der Waals surface area contributed by atoms with Crippen LogP contribution in [0.2, 0.25) is 0 Å². The number of carbonyl (C=O) groups is 2. The minimum atomic E-state index is -0.742. The highest BCUT2D eigenvalue weighted by atomic mass is 16.5. The fourth-order valence-corrected chi connectivity index (χ4v) is 3.28. The number of benzene rings is 3. The number of carboxylic acid groups (broad SMARTS) is 1. The molecule has 0 aromatic heterocycles. The van der Waals surface area contributed by atoms with E-state index in [9.17, 15) is 9.59 Å². The van der Waals surface area contributed by atoms with Crippen LogP contribution in [0, 0.1) is 11.8 Å². The van der Waals surface area contributed by atoms with Crippen molar-refractivity contribution in [2.24, 2.45) is 11.8 Å². The van der Waals surface area contributed by atoms with E-state index < -0.39 is 5.97 Å². The molecular weight excluding hydrogens is 352 g/mol. The van der Waals surface area contributed by atoms with Gasteiger partial charge in [0.1, 0.15) is 5.75 Å². The molecule has 0 aliphatic heterocycles. The molecule has 1 aliphatic carbocycles. The molecule has 1 saturated carbocycles. The van der Waals surface area contributed by atoms with Crippen molar-refractivity contribution in [1.29, 1.82) is 0 Å². The van der Waals surface area contributed by atoms with E-state index in [1.54, 1.807) is 0 Å². The Labute approximate surface area is 163 Å². The molecule has 0 saturated heterocycles. The zero-order valence-corrected chi connectivity index (χ0v) is 15.2. The second-order valence-electron chi connectivity index (χ2n) is 7.05. The lowest BCUT2D eigenvalue weighted by molar-refractivity contribution is -0.138. The van der Waals surface area contributed by atoms with Gasteiger partial charge in [0.2, 0.25) is 0 Å². The molecule has 0 radical (unpaired) electrons. The highest BCUT2D eigenvalue weighted by Gasteiger charge is 2.43. The van der Waals surface area contributed by atoms with Crippen LogP contribution in [-0.2, 0) is 4.79 Å². The molecule has 0 amide bonds. The summed E-state index contributed by atoms with van der Waals surface area (Å²) in [6.45, 7) is 0.428. The SMILES string of the molecule is O=C(c1ccccc1)c1cccc(-c2ccc(OCC3CC3C(=O)O)cc2)c1. The lowest BCUT2D eigenvalue weighted by Crippen LogP contribution is -2.06. The summed E-state index contributed by atoms with van der Waals surface area (Å²) < 4.78 is 5.70. The molecule has 2 unspecified atom stereocenters. The Hall–Kier alpha value is -3.40. The van der Waals surface area contributed by atoms with Crippen molar-refractivity contribution in [3.63, 3.8) is 0 Å². The van der Waals surface area contributed by atoms with E-state index in [0.29, 0.717) is 24.2 Å². The van der Waals surface area contributed by atoms with E-state index in [2.05, 4.69) is 0 Å². The Bertz CT molecular complexity index is 993. The first-order valence-electron chi connectivity index (χ1n) is 9.27. The van der Waals surface area contributed by atoms with Crippen LogP contribution in [0.3, 0.4) is 0 Å². The van der Waals surface area contributed by atoms with E-state index in [0.717, 1.165) is 16.9 Å². The van der Waals surface area contributed by atoms with E-state index in [4.69, 9.17) is 9.84 Å². The molecule has 2 atom stereocenters. The van der Waals surface area contributed by atoms with Crippen molar-refractivity contribution >= 4 is 11.8 Å². The Morgan fingerprint density at radius 2 is 1.57 bits per heavy atom. The van der Waals surface area contributed by atoms with Crippen LogP contribution in [-0.4, -0.2) is 23.5 Å².